The number of rotatable bonds is 3. The van der Waals surface area contributed by atoms with Gasteiger partial charge in [0.1, 0.15) is 5.75 Å². The molecule has 70 valence electrons. The highest BCUT2D eigenvalue weighted by Gasteiger charge is 2.13. The molecule has 0 aliphatic carbocycles. The van der Waals surface area contributed by atoms with E-state index >= 15 is 0 Å². The Labute approximate surface area is 74.3 Å². The van der Waals surface area contributed by atoms with Crippen molar-refractivity contribution in [1.29, 1.82) is 0 Å². The molecule has 0 atom stereocenters. The van der Waals surface area contributed by atoms with Crippen LogP contribution in [0.2, 0.25) is 0 Å². The average Bonchev–Trinajstić information content (AvgIpc) is 2.16. The second-order valence-electron chi connectivity index (χ2n) is 2.16. The lowest BCUT2D eigenvalue weighted by Gasteiger charge is -2.00. The number of aromatic nitrogens is 1. The predicted molar refractivity (Wildman–Crippen MR) is 44.0 cm³/mol. The van der Waals surface area contributed by atoms with Crippen molar-refractivity contribution in [1.82, 2.24) is 4.98 Å². The Balaban J connectivity index is 3.14. The molecule has 6 nitrogen and oxygen atoms in total. The molecule has 6 heteroatoms. The number of hydrogen-bond acceptors (Lipinski definition) is 5. The standard InChI is InChI=1S/C7H8N2O4/c1-12-5-3-6(9(10)11)8-7(4-5)13-2/h3-4H,1-2H3. The molecule has 0 bridgehead atoms. The van der Waals surface area contributed by atoms with E-state index in [9.17, 15) is 10.1 Å². The minimum atomic E-state index is -0.606. The summed E-state index contributed by atoms with van der Waals surface area (Å²) in [7, 11) is 2.80. The minimum absolute atomic E-state index is 0.158. The second kappa shape index (κ2) is 3.70. The maximum Gasteiger partial charge on any atom is 0.371 e. The van der Waals surface area contributed by atoms with Crippen molar-refractivity contribution < 1.29 is 14.4 Å². The SMILES string of the molecule is COc1cc(OC)nc([N+](=O)[O-])c1. The van der Waals surface area contributed by atoms with Gasteiger partial charge in [-0.2, -0.15) is 0 Å². The Morgan fingerprint density at radius 3 is 2.54 bits per heavy atom. The van der Waals surface area contributed by atoms with E-state index in [2.05, 4.69) is 4.98 Å². The van der Waals surface area contributed by atoms with Crippen molar-refractivity contribution in [3.05, 3.63) is 22.2 Å². The van der Waals surface area contributed by atoms with E-state index in [4.69, 9.17) is 9.47 Å². The lowest BCUT2D eigenvalue weighted by atomic mass is 10.4. The van der Waals surface area contributed by atoms with Crippen LogP contribution < -0.4 is 9.47 Å². The summed E-state index contributed by atoms with van der Waals surface area (Å²) in [5, 5.41) is 10.4. The molecule has 1 heterocycles. The topological polar surface area (TPSA) is 74.5 Å². The molecule has 0 saturated heterocycles. The molecule has 0 aliphatic rings. The first-order valence-electron chi connectivity index (χ1n) is 3.42. The fourth-order valence-corrected chi connectivity index (χ4v) is 0.784. The molecule has 0 aliphatic heterocycles. The number of ether oxygens (including phenoxy) is 2. The minimum Gasteiger partial charge on any atom is -0.496 e. The van der Waals surface area contributed by atoms with E-state index in [0.29, 0.717) is 5.75 Å². The van der Waals surface area contributed by atoms with E-state index in [1.165, 1.54) is 26.4 Å². The summed E-state index contributed by atoms with van der Waals surface area (Å²) in [6.07, 6.45) is 0. The van der Waals surface area contributed by atoms with Crippen molar-refractivity contribution >= 4 is 5.82 Å². The van der Waals surface area contributed by atoms with Crippen molar-refractivity contribution in [2.75, 3.05) is 14.2 Å². The molecule has 13 heavy (non-hydrogen) atoms. The number of hydrogen-bond donors (Lipinski definition) is 0. The van der Waals surface area contributed by atoms with Gasteiger partial charge in [-0.3, -0.25) is 0 Å². The van der Waals surface area contributed by atoms with Gasteiger partial charge in [0, 0.05) is 4.98 Å². The van der Waals surface area contributed by atoms with Crippen molar-refractivity contribution in [2.45, 2.75) is 0 Å². The zero-order valence-corrected chi connectivity index (χ0v) is 7.18. The van der Waals surface area contributed by atoms with Crippen molar-refractivity contribution in [2.24, 2.45) is 0 Å². The second-order valence-corrected chi connectivity index (χ2v) is 2.16. The number of nitrogens with zero attached hydrogens (tertiary/aromatic N) is 2. The van der Waals surface area contributed by atoms with E-state index in [1.807, 2.05) is 0 Å². The van der Waals surface area contributed by atoms with Crippen LogP contribution in [0.4, 0.5) is 5.82 Å². The van der Waals surface area contributed by atoms with Crippen LogP contribution in [0.5, 0.6) is 11.6 Å². The largest absolute Gasteiger partial charge is 0.496 e. The van der Waals surface area contributed by atoms with Crippen molar-refractivity contribution in [3.63, 3.8) is 0 Å². The Kier molecular flexibility index (Phi) is 2.63. The van der Waals surface area contributed by atoms with E-state index < -0.39 is 4.92 Å². The van der Waals surface area contributed by atoms with Gasteiger partial charge in [0.15, 0.2) is 0 Å². The third kappa shape index (κ3) is 2.05. The number of pyridine rings is 1. The van der Waals surface area contributed by atoms with Gasteiger partial charge in [-0.15, -0.1) is 0 Å². The summed E-state index contributed by atoms with van der Waals surface area (Å²) in [4.78, 5) is 13.4. The first-order valence-corrected chi connectivity index (χ1v) is 3.42. The molecule has 1 aromatic rings. The quantitative estimate of drug-likeness (QED) is 0.517. The summed E-state index contributed by atoms with van der Waals surface area (Å²) in [5.74, 6) is 0.209. The van der Waals surface area contributed by atoms with Gasteiger partial charge >= 0.3 is 11.7 Å². The predicted octanol–water partition coefficient (Wildman–Crippen LogP) is 1.01. The Bertz CT molecular complexity index is 304. The summed E-state index contributed by atoms with van der Waals surface area (Å²) in [5.41, 5.74) is 0. The van der Waals surface area contributed by atoms with Gasteiger partial charge in [0.2, 0.25) is 0 Å². The molecular formula is C7H8N2O4. The molecule has 0 fully saturated rings. The summed E-state index contributed by atoms with van der Waals surface area (Å²) >= 11 is 0. The van der Waals surface area contributed by atoms with Gasteiger partial charge in [0.25, 0.3) is 0 Å². The van der Waals surface area contributed by atoms with Crippen molar-refractivity contribution in [3.8, 4) is 11.6 Å². The molecule has 0 unspecified atom stereocenters. The Hall–Kier alpha value is -1.85. The fourth-order valence-electron chi connectivity index (χ4n) is 0.784. The zero-order valence-electron chi connectivity index (χ0n) is 7.18. The monoisotopic (exact) mass is 184 g/mol. The van der Waals surface area contributed by atoms with E-state index in [-0.39, 0.29) is 11.7 Å². The van der Waals surface area contributed by atoms with E-state index in [1.54, 1.807) is 0 Å². The fraction of sp³-hybridized carbons (Fsp3) is 0.286. The summed E-state index contributed by atoms with van der Waals surface area (Å²) in [6, 6.07) is 2.69. The maximum absolute atomic E-state index is 10.4. The van der Waals surface area contributed by atoms with Crippen LogP contribution >= 0.6 is 0 Å². The van der Waals surface area contributed by atoms with Crippen LogP contribution in [0.1, 0.15) is 0 Å². The first-order chi connectivity index (χ1) is 6.17. The van der Waals surface area contributed by atoms with Crippen LogP contribution in [0.15, 0.2) is 12.1 Å². The summed E-state index contributed by atoms with van der Waals surface area (Å²) in [6.45, 7) is 0. The van der Waals surface area contributed by atoms with Gasteiger partial charge in [-0.25, -0.2) is 0 Å². The van der Waals surface area contributed by atoms with Gasteiger partial charge < -0.3 is 19.6 Å². The third-order valence-electron chi connectivity index (χ3n) is 1.39. The molecule has 1 aromatic heterocycles. The summed E-state index contributed by atoms with van der Waals surface area (Å²) < 4.78 is 9.57. The highest BCUT2D eigenvalue weighted by Crippen LogP contribution is 2.22. The van der Waals surface area contributed by atoms with Crippen LogP contribution in [-0.4, -0.2) is 24.1 Å². The molecule has 0 radical (unpaired) electrons. The lowest BCUT2D eigenvalue weighted by Crippen LogP contribution is -1.96. The molecule has 0 N–H and O–H groups in total. The first kappa shape index (κ1) is 9.24. The molecule has 0 amide bonds. The number of nitro groups is 1. The smallest absolute Gasteiger partial charge is 0.371 e. The lowest BCUT2D eigenvalue weighted by molar-refractivity contribution is -0.389. The highest BCUT2D eigenvalue weighted by molar-refractivity contribution is 5.36. The molecule has 0 saturated carbocycles. The highest BCUT2D eigenvalue weighted by atomic mass is 16.6. The Morgan fingerprint density at radius 1 is 1.38 bits per heavy atom. The van der Waals surface area contributed by atoms with Gasteiger partial charge in [-0.05, 0) is 4.92 Å². The van der Waals surface area contributed by atoms with Gasteiger partial charge in [0.05, 0.1) is 26.4 Å². The van der Waals surface area contributed by atoms with Crippen LogP contribution in [-0.2, 0) is 0 Å². The van der Waals surface area contributed by atoms with E-state index in [0.717, 1.165) is 0 Å². The van der Waals surface area contributed by atoms with Gasteiger partial charge in [-0.1, -0.05) is 0 Å². The average molecular weight is 184 g/mol. The van der Waals surface area contributed by atoms with Crippen LogP contribution in [0.3, 0.4) is 0 Å². The molecule has 0 spiro atoms. The molecule has 1 rings (SSSR count). The Morgan fingerprint density at radius 2 is 2.08 bits per heavy atom. The third-order valence-corrected chi connectivity index (χ3v) is 1.39. The zero-order chi connectivity index (χ0) is 9.84. The molecular weight excluding hydrogens is 176 g/mol. The van der Waals surface area contributed by atoms with Crippen LogP contribution in [0.25, 0.3) is 0 Å². The maximum atomic E-state index is 10.4. The number of methoxy groups -OCH3 is 2. The normalized spacial score (nSPS) is 9.38. The molecule has 0 aromatic carbocycles. The van der Waals surface area contributed by atoms with Crippen LogP contribution in [0, 0.1) is 10.1 Å².